The summed E-state index contributed by atoms with van der Waals surface area (Å²) in [6.07, 6.45) is 1.01. The van der Waals surface area contributed by atoms with Gasteiger partial charge in [0, 0.05) is 36.9 Å². The zero-order chi connectivity index (χ0) is 26.9. The summed E-state index contributed by atoms with van der Waals surface area (Å²) in [7, 11) is 0.142. The van der Waals surface area contributed by atoms with E-state index in [4.69, 9.17) is 4.74 Å². The highest BCUT2D eigenvalue weighted by molar-refractivity contribution is 8.03. The van der Waals surface area contributed by atoms with Crippen LogP contribution >= 0.6 is 23.5 Å². The van der Waals surface area contributed by atoms with Crippen LogP contribution in [0.25, 0.3) is 5.52 Å². The number of halogens is 1. The summed E-state index contributed by atoms with van der Waals surface area (Å²) in [5, 5.41) is 8.98. The van der Waals surface area contributed by atoms with Gasteiger partial charge in [0.05, 0.1) is 57.1 Å². The van der Waals surface area contributed by atoms with E-state index in [2.05, 4.69) is 45.1 Å². The van der Waals surface area contributed by atoms with E-state index in [0.717, 1.165) is 51.3 Å². The molecule has 1 fully saturated rings. The summed E-state index contributed by atoms with van der Waals surface area (Å²) in [6, 6.07) is 10.8. The molecule has 2 aromatic heterocycles. The third-order valence-electron chi connectivity index (χ3n) is 6.69. The largest absolute Gasteiger partial charge is 0.495 e. The molecule has 0 spiro atoms. The Hall–Kier alpha value is -2.52. The van der Waals surface area contributed by atoms with E-state index in [1.165, 1.54) is 19.4 Å². The van der Waals surface area contributed by atoms with Gasteiger partial charge in [-0.15, -0.1) is 23.5 Å². The quantitative estimate of drug-likeness (QED) is 0.418. The number of benzene rings is 1. The van der Waals surface area contributed by atoms with Gasteiger partial charge in [0.15, 0.2) is 9.84 Å². The van der Waals surface area contributed by atoms with Gasteiger partial charge in [-0.2, -0.15) is 0 Å². The Morgan fingerprint density at radius 2 is 1.95 bits per heavy atom. The summed E-state index contributed by atoms with van der Waals surface area (Å²) in [6.45, 7) is 1.67. The Morgan fingerprint density at radius 1 is 1.16 bits per heavy atom. The van der Waals surface area contributed by atoms with Crippen LogP contribution in [0.5, 0.6) is 5.75 Å². The number of aromatic nitrogens is 1. The molecule has 4 heterocycles. The lowest BCUT2D eigenvalue weighted by Crippen LogP contribution is -2.46. The first-order chi connectivity index (χ1) is 18.2. The summed E-state index contributed by atoms with van der Waals surface area (Å²) in [5.41, 5.74) is 3.56. The van der Waals surface area contributed by atoms with E-state index in [1.807, 2.05) is 23.7 Å². The Bertz CT molecular complexity index is 1510. The molecule has 202 valence electrons. The number of anilines is 2. The van der Waals surface area contributed by atoms with Crippen molar-refractivity contribution >= 4 is 50.3 Å². The molecule has 1 aromatic carbocycles. The smallest absolute Gasteiger partial charge is 0.175 e. The van der Waals surface area contributed by atoms with Crippen molar-refractivity contribution in [1.29, 1.82) is 0 Å². The zero-order valence-electron chi connectivity index (χ0n) is 21.6. The molecule has 5 rings (SSSR count). The lowest BCUT2D eigenvalue weighted by molar-refractivity contribution is 0.149. The number of alkyl halides is 1. The van der Waals surface area contributed by atoms with Crippen LogP contribution in [0.4, 0.5) is 15.8 Å². The van der Waals surface area contributed by atoms with Gasteiger partial charge in [0.1, 0.15) is 11.9 Å². The van der Waals surface area contributed by atoms with Gasteiger partial charge in [-0.1, -0.05) is 11.8 Å². The van der Waals surface area contributed by atoms with Crippen molar-refractivity contribution in [3.05, 3.63) is 42.0 Å². The summed E-state index contributed by atoms with van der Waals surface area (Å²) in [4.78, 5) is 2.24. The highest BCUT2D eigenvalue weighted by atomic mass is 32.2. The van der Waals surface area contributed by atoms with Crippen LogP contribution in [0.1, 0.15) is 12.0 Å². The first-order valence-corrected chi connectivity index (χ1v) is 16.2. The molecule has 0 amide bonds. The van der Waals surface area contributed by atoms with Gasteiger partial charge in [-0.05, 0) is 43.8 Å². The number of ether oxygens (including phenoxy) is 1. The zero-order valence-corrected chi connectivity index (χ0v) is 24.0. The molecule has 2 aliphatic heterocycles. The average Bonchev–Trinajstić information content (AvgIpc) is 3.10. The SMILES string of the molecule is COc1cc(S(C)(=O)=O)ccc1NCC#Cc1cc2c(N[C@@H]3CCN(C)C[C@@H]3F)ccc3n2c1SCCS3. The Labute approximate surface area is 231 Å². The van der Waals surface area contributed by atoms with E-state index in [-0.39, 0.29) is 10.9 Å². The maximum atomic E-state index is 14.8. The van der Waals surface area contributed by atoms with Crippen LogP contribution in [-0.2, 0) is 9.84 Å². The van der Waals surface area contributed by atoms with Crippen molar-refractivity contribution in [2.24, 2.45) is 0 Å². The Kier molecular flexibility index (Phi) is 8.05. The standard InChI is InChI=1S/C27H31FN4O3S3/c1-31-12-10-21(20(28)17-31)30-22-8-9-26-32-24(22)15-18(27(32)37-14-13-36-26)5-4-11-29-23-7-6-19(38(3,33)34)16-25(23)35-2/h6-9,15-16,20-21,29-30H,10-14,17H2,1-3H3/t20-,21+/m0/s1. The highest BCUT2D eigenvalue weighted by Crippen LogP contribution is 2.38. The number of thioether (sulfide) groups is 2. The van der Waals surface area contributed by atoms with Gasteiger partial charge < -0.3 is 20.3 Å². The average molecular weight is 575 g/mol. The molecule has 0 unspecified atom stereocenters. The van der Waals surface area contributed by atoms with E-state index in [9.17, 15) is 12.8 Å². The minimum Gasteiger partial charge on any atom is -0.495 e. The molecule has 38 heavy (non-hydrogen) atoms. The van der Waals surface area contributed by atoms with Crippen molar-refractivity contribution in [3.63, 3.8) is 0 Å². The molecular weight excluding hydrogens is 544 g/mol. The second kappa shape index (κ2) is 11.3. The number of sulfone groups is 1. The number of pyridine rings is 1. The van der Waals surface area contributed by atoms with Crippen LogP contribution in [0.15, 0.2) is 51.3 Å². The van der Waals surface area contributed by atoms with Crippen molar-refractivity contribution in [1.82, 2.24) is 9.30 Å². The van der Waals surface area contributed by atoms with Crippen molar-refractivity contribution in [2.45, 2.75) is 33.6 Å². The number of hydrogen-bond acceptors (Lipinski definition) is 8. The van der Waals surface area contributed by atoms with E-state index >= 15 is 0 Å². The highest BCUT2D eigenvalue weighted by Gasteiger charge is 2.28. The first-order valence-electron chi connectivity index (χ1n) is 12.4. The minimum absolute atomic E-state index is 0.205. The molecular formula is C27H31FN4O3S3. The molecule has 0 saturated carbocycles. The molecule has 1 saturated heterocycles. The van der Waals surface area contributed by atoms with Crippen molar-refractivity contribution in [3.8, 4) is 17.6 Å². The number of nitrogens with one attached hydrogen (secondary N) is 2. The molecule has 11 heteroatoms. The molecule has 2 N–H and O–H groups in total. The fourth-order valence-corrected chi connectivity index (χ4v) is 7.56. The summed E-state index contributed by atoms with van der Waals surface area (Å²) in [5.74, 6) is 8.96. The lowest BCUT2D eigenvalue weighted by atomic mass is 10.0. The molecule has 2 aliphatic rings. The van der Waals surface area contributed by atoms with Gasteiger partial charge in [-0.25, -0.2) is 12.8 Å². The molecule has 7 nitrogen and oxygen atoms in total. The van der Waals surface area contributed by atoms with E-state index in [1.54, 1.807) is 23.9 Å². The number of nitrogens with zero attached hydrogens (tertiary/aromatic N) is 2. The number of piperidine rings is 1. The second-order valence-electron chi connectivity index (χ2n) is 9.47. The molecule has 0 radical (unpaired) electrons. The predicted octanol–water partition coefficient (Wildman–Crippen LogP) is 4.47. The third kappa shape index (κ3) is 5.73. The summed E-state index contributed by atoms with van der Waals surface area (Å²) < 4.78 is 46.1. The lowest BCUT2D eigenvalue weighted by Gasteiger charge is -2.33. The fourth-order valence-electron chi connectivity index (χ4n) is 4.72. The third-order valence-corrected chi connectivity index (χ3v) is 10.2. The maximum Gasteiger partial charge on any atom is 0.175 e. The van der Waals surface area contributed by atoms with Gasteiger partial charge in [0.2, 0.25) is 0 Å². The van der Waals surface area contributed by atoms with Crippen LogP contribution < -0.4 is 15.4 Å². The van der Waals surface area contributed by atoms with Gasteiger partial charge >= 0.3 is 0 Å². The molecule has 3 aromatic rings. The van der Waals surface area contributed by atoms with E-state index < -0.39 is 16.0 Å². The predicted molar refractivity (Wildman–Crippen MR) is 155 cm³/mol. The van der Waals surface area contributed by atoms with Gasteiger partial charge in [-0.3, -0.25) is 4.40 Å². The fraction of sp³-hybridized carbons (Fsp3) is 0.407. The minimum atomic E-state index is -3.32. The van der Waals surface area contributed by atoms with E-state index in [0.29, 0.717) is 24.5 Å². The topological polar surface area (TPSA) is 75.1 Å². The van der Waals surface area contributed by atoms with Gasteiger partial charge in [0.25, 0.3) is 0 Å². The van der Waals surface area contributed by atoms with Crippen LogP contribution in [-0.4, -0.2) is 81.5 Å². The molecule has 2 atom stereocenters. The maximum absolute atomic E-state index is 14.8. The Balaban J connectivity index is 1.40. The van der Waals surface area contributed by atoms with Crippen LogP contribution in [0.2, 0.25) is 0 Å². The van der Waals surface area contributed by atoms with Crippen molar-refractivity contribution in [2.75, 3.05) is 62.2 Å². The molecule has 0 bridgehead atoms. The second-order valence-corrected chi connectivity index (χ2v) is 13.7. The first kappa shape index (κ1) is 27.1. The van der Waals surface area contributed by atoms with Crippen LogP contribution in [0.3, 0.4) is 0 Å². The summed E-state index contributed by atoms with van der Waals surface area (Å²) >= 11 is 3.61. The number of rotatable bonds is 6. The monoisotopic (exact) mass is 574 g/mol. The van der Waals surface area contributed by atoms with Crippen LogP contribution in [0, 0.1) is 11.8 Å². The normalized spacial score (nSPS) is 19.9. The number of methoxy groups -OCH3 is 1. The number of likely N-dealkylation sites (tertiary alicyclic amines) is 1. The Morgan fingerprint density at radius 3 is 2.71 bits per heavy atom. The molecule has 0 aliphatic carbocycles. The van der Waals surface area contributed by atoms with Crippen molar-refractivity contribution < 1.29 is 17.5 Å². The number of hydrogen-bond donors (Lipinski definition) is 2.